The minimum absolute atomic E-state index is 0.483. The first-order valence-electron chi connectivity index (χ1n) is 49.4. The minimum Gasteiger partial charge on any atom is -0.481 e. The van der Waals surface area contributed by atoms with Crippen LogP contribution in [0.3, 0.4) is 0 Å². The SMILES string of the molecule is C1=CC2C(C=C1)C1c3ccccc3C2C2c3ccccc3C1C1C=CC=CC12.C=CCCCC(C)C=C.C=CCCCC(C)C=C.C=CCCCC(C)C=C.C=CCCCC(C)C=C.C=CCCCC(C)C=C.C=CCCCC(C)C=C.O=C(O)C1C(c2ccccc2)C(C(=O)O)C1c1ccccc1.c1ccc(C2C(c3ccccc3)C(c3ccccc3)C2c2ccccc2)cc1. The molecular weight excluding hydrogens is 1600 g/mol. The number of carboxylic acids is 2. The van der Waals surface area contributed by atoms with Crippen molar-refractivity contribution in [2.24, 2.45) is 71.0 Å². The van der Waals surface area contributed by atoms with E-state index in [1.54, 1.807) is 46.5 Å². The highest BCUT2D eigenvalue weighted by Gasteiger charge is 2.60. The van der Waals surface area contributed by atoms with Gasteiger partial charge in [-0.15, -0.1) is 78.9 Å². The lowest BCUT2D eigenvalue weighted by Gasteiger charge is -2.59. The summed E-state index contributed by atoms with van der Waals surface area (Å²) in [5.41, 5.74) is 13.8. The molecule has 18 rings (SSSR count). The lowest BCUT2D eigenvalue weighted by molar-refractivity contribution is -0.159. The van der Waals surface area contributed by atoms with Crippen LogP contribution in [-0.2, 0) is 9.59 Å². The fourth-order valence-corrected chi connectivity index (χ4v) is 20.4. The summed E-state index contributed by atoms with van der Waals surface area (Å²) >= 11 is 0. The molecule has 3 saturated carbocycles. The molecule has 0 heterocycles. The molecule has 14 unspecified atom stereocenters. The average molecular weight is 1760 g/mol. The molecule has 3 fully saturated rings. The van der Waals surface area contributed by atoms with Gasteiger partial charge in [0, 0.05) is 11.8 Å². The summed E-state index contributed by atoms with van der Waals surface area (Å²) in [5.74, 6) is 6.34. The highest BCUT2D eigenvalue weighted by atomic mass is 16.4. The summed E-state index contributed by atoms with van der Waals surface area (Å²) in [6.45, 7) is 57.4. The maximum Gasteiger partial charge on any atom is 0.307 e. The second-order valence-corrected chi connectivity index (χ2v) is 37.2. The van der Waals surface area contributed by atoms with Crippen molar-refractivity contribution in [1.82, 2.24) is 0 Å². The third kappa shape index (κ3) is 31.9. The lowest BCUT2D eigenvalue weighted by atomic mass is 9.44. The summed E-state index contributed by atoms with van der Waals surface area (Å²) in [6.07, 6.45) is 64.9. The monoisotopic (exact) mass is 1760 g/mol. The second kappa shape index (κ2) is 60.6. The number of hydrogen-bond acceptors (Lipinski definition) is 2. The van der Waals surface area contributed by atoms with Crippen LogP contribution in [0.5, 0.6) is 0 Å². The normalized spacial score (nSPS) is 23.2. The Balaban J connectivity index is 0.000000214. The largest absolute Gasteiger partial charge is 0.481 e. The van der Waals surface area contributed by atoms with Crippen LogP contribution in [0.25, 0.3) is 0 Å². The van der Waals surface area contributed by atoms with Crippen LogP contribution in [0.2, 0.25) is 0 Å². The third-order valence-electron chi connectivity index (χ3n) is 27.9. The second-order valence-electron chi connectivity index (χ2n) is 37.2. The van der Waals surface area contributed by atoms with Gasteiger partial charge in [0.05, 0.1) is 11.8 Å². The van der Waals surface area contributed by atoms with E-state index >= 15 is 0 Å². The van der Waals surface area contributed by atoms with Crippen molar-refractivity contribution in [3.05, 3.63) is 487 Å². The summed E-state index contributed by atoms with van der Waals surface area (Å²) in [4.78, 5) is 23.4. The van der Waals surface area contributed by atoms with Crippen LogP contribution < -0.4 is 0 Å². The standard InChI is InChI=1S/2C28H24.C18H16O4.6C9H16/c1-2-10-18-17(9-1)25-19-11-3-4-12-20(19)26(18)28-23-15-7-5-13-21(23)27(25)22-14-6-8-16-24(22)28;1-5-13-21(14-6-1)25-26(22-15-7-2-8-16-22)28(24-19-11-4-12-20-24)27(25)23-17-9-3-10-18-23;19-17(20)15-13(11-7-3-1-4-8-11)16(18(21)22)14(15)12-9-5-2-6-10-12;6*1-4-6-7-8-9(3)5-2/h1-18,21,23,25-28H;1-20,25-28H;1-10,13-16H,(H,19,20)(H,21,22);6*4-5,9H,1-2,6-8H2,3H3. The van der Waals surface area contributed by atoms with Crippen LogP contribution in [-0.4, -0.2) is 22.2 Å². The molecule has 0 aromatic heterocycles. The molecular formula is C128H160O4. The highest BCUT2D eigenvalue weighted by molar-refractivity contribution is 5.83. The van der Waals surface area contributed by atoms with Gasteiger partial charge in [-0.2, -0.15) is 0 Å². The first kappa shape index (κ1) is 108. The predicted octanol–water partition coefficient (Wildman–Crippen LogP) is 35.6. The molecule has 2 N–H and O–H groups in total. The molecule has 10 aliphatic carbocycles. The fourth-order valence-electron chi connectivity index (χ4n) is 20.4. The Kier molecular flexibility index (Phi) is 49.4. The Morgan fingerprint density at radius 1 is 0.235 bits per heavy atom. The highest BCUT2D eigenvalue weighted by Crippen LogP contribution is 2.70. The van der Waals surface area contributed by atoms with E-state index < -0.39 is 35.6 Å². The molecule has 0 amide bonds. The molecule has 0 radical (unpaired) electrons. The number of aliphatic carboxylic acids is 2. The molecule has 696 valence electrons. The molecule has 4 nitrogen and oxygen atoms in total. The Bertz CT molecular complexity index is 4260. The van der Waals surface area contributed by atoms with E-state index in [2.05, 4.69) is 339 Å². The van der Waals surface area contributed by atoms with E-state index in [4.69, 9.17) is 0 Å². The van der Waals surface area contributed by atoms with Crippen LogP contribution in [0.15, 0.2) is 431 Å². The smallest absolute Gasteiger partial charge is 0.307 e. The van der Waals surface area contributed by atoms with Gasteiger partial charge in [0.25, 0.3) is 0 Å². The van der Waals surface area contributed by atoms with E-state index in [0.29, 0.717) is 107 Å². The maximum atomic E-state index is 11.7. The number of benzene rings is 8. The van der Waals surface area contributed by atoms with E-state index in [0.717, 1.165) is 49.7 Å². The molecule has 4 heteroatoms. The zero-order valence-corrected chi connectivity index (χ0v) is 81.1. The maximum absolute atomic E-state index is 11.7. The Morgan fingerprint density at radius 3 is 0.530 bits per heavy atom. The molecule has 8 aromatic rings. The van der Waals surface area contributed by atoms with Gasteiger partial charge < -0.3 is 10.2 Å². The molecule has 0 spiro atoms. The van der Waals surface area contributed by atoms with Gasteiger partial charge in [0.1, 0.15) is 0 Å². The number of unbranched alkanes of at least 4 members (excludes halogenated alkanes) is 6. The van der Waals surface area contributed by atoms with Crippen LogP contribution in [0, 0.1) is 71.0 Å². The molecule has 4 bridgehead atoms. The summed E-state index contributed by atoms with van der Waals surface area (Å²) in [5, 5.41) is 19.2. The molecule has 0 saturated heterocycles. The number of carbonyl (C=O) groups is 2. The Hall–Kier alpha value is -11.5. The van der Waals surface area contributed by atoms with Gasteiger partial charge in [-0.25, -0.2) is 0 Å². The summed E-state index contributed by atoms with van der Waals surface area (Å²) in [7, 11) is 0. The van der Waals surface area contributed by atoms with Crippen molar-refractivity contribution in [1.29, 1.82) is 0 Å². The Labute approximate surface area is 800 Å². The third-order valence-corrected chi connectivity index (χ3v) is 27.9. The van der Waals surface area contributed by atoms with Crippen molar-refractivity contribution >= 4 is 11.9 Å². The first-order valence-corrected chi connectivity index (χ1v) is 49.4. The average Bonchev–Trinajstić information content (AvgIpc) is 0.742. The van der Waals surface area contributed by atoms with E-state index in [9.17, 15) is 19.8 Å². The van der Waals surface area contributed by atoms with Gasteiger partial charge >= 0.3 is 11.9 Å². The van der Waals surface area contributed by atoms with Crippen LogP contribution in [0.4, 0.5) is 0 Å². The van der Waals surface area contributed by atoms with Gasteiger partial charge in [-0.1, -0.05) is 394 Å². The number of allylic oxidation sites excluding steroid dienone is 20. The molecule has 8 aromatic carbocycles. The zero-order valence-electron chi connectivity index (χ0n) is 81.1. The number of carboxylic acid groups (broad SMARTS) is 2. The quantitative estimate of drug-likeness (QED) is 0.0299. The summed E-state index contributed by atoms with van der Waals surface area (Å²) < 4.78 is 0. The molecule has 10 aliphatic rings. The van der Waals surface area contributed by atoms with Crippen molar-refractivity contribution in [3.8, 4) is 0 Å². The van der Waals surface area contributed by atoms with Crippen molar-refractivity contribution < 1.29 is 19.8 Å². The fraction of sp³-hybridized carbons (Fsp3) is 0.359. The number of hydrogen-bond donors (Lipinski definition) is 2. The topological polar surface area (TPSA) is 74.6 Å². The van der Waals surface area contributed by atoms with Crippen molar-refractivity contribution in [2.75, 3.05) is 0 Å². The van der Waals surface area contributed by atoms with Crippen LogP contribution >= 0.6 is 0 Å². The zero-order chi connectivity index (χ0) is 95.4. The van der Waals surface area contributed by atoms with Crippen molar-refractivity contribution in [3.63, 3.8) is 0 Å². The van der Waals surface area contributed by atoms with Gasteiger partial charge in [-0.3, -0.25) is 9.59 Å². The first-order chi connectivity index (χ1) is 64.3. The minimum atomic E-state index is -0.944. The lowest BCUT2D eigenvalue weighted by Crippen LogP contribution is -2.50. The van der Waals surface area contributed by atoms with E-state index in [-0.39, 0.29) is 0 Å². The molecule has 0 aliphatic heterocycles. The van der Waals surface area contributed by atoms with Gasteiger partial charge in [0.15, 0.2) is 0 Å². The van der Waals surface area contributed by atoms with Gasteiger partial charge in [-0.05, 0) is 278 Å². The predicted molar refractivity (Wildman–Crippen MR) is 572 cm³/mol. The molecule has 132 heavy (non-hydrogen) atoms. The van der Waals surface area contributed by atoms with E-state index in [1.807, 2.05) is 109 Å². The van der Waals surface area contributed by atoms with Crippen LogP contribution in [0.1, 0.15) is 272 Å². The van der Waals surface area contributed by atoms with E-state index in [1.165, 1.54) is 99.3 Å². The van der Waals surface area contributed by atoms with Gasteiger partial charge in [0.2, 0.25) is 0 Å². The molecule has 14 atom stereocenters. The number of rotatable bonds is 38. The Morgan fingerprint density at radius 2 is 0.386 bits per heavy atom. The summed E-state index contributed by atoms with van der Waals surface area (Å²) in [6, 6.07) is 81.2. The van der Waals surface area contributed by atoms with Crippen molar-refractivity contribution in [2.45, 2.75) is 216 Å².